The van der Waals surface area contributed by atoms with Crippen LogP contribution in [0.15, 0.2) is 60.7 Å². The number of aryl methyl sites for hydroxylation is 2. The number of pyridine rings is 2. The van der Waals surface area contributed by atoms with Crippen LogP contribution in [0, 0.1) is 13.8 Å². The molecule has 0 unspecified atom stereocenters. The second-order valence-electron chi connectivity index (χ2n) is 6.11. The van der Waals surface area contributed by atoms with Gasteiger partial charge in [-0.05, 0) is 0 Å². The number of rotatable bonds is 2. The van der Waals surface area contributed by atoms with E-state index in [1.165, 1.54) is 8.24 Å². The number of hydrogen-bond acceptors (Lipinski definition) is 2. The Morgan fingerprint density at radius 2 is 1.12 bits per heavy atom. The first-order valence-electron chi connectivity index (χ1n) is 8.00. The zero-order valence-corrected chi connectivity index (χ0v) is 16.8. The Kier molecular flexibility index (Phi) is 4.08. The summed E-state index contributed by atoms with van der Waals surface area (Å²) < 4.78 is 2.42. The number of para-hydroxylation sites is 2. The summed E-state index contributed by atoms with van der Waals surface area (Å²) in [7, 11) is 7.10. The minimum absolute atomic E-state index is 1.02. The Morgan fingerprint density at radius 1 is 0.667 bits per heavy atom. The molecule has 116 valence electrons. The van der Waals surface area contributed by atoms with E-state index in [-0.39, 0.29) is 0 Å². The van der Waals surface area contributed by atoms with Crippen molar-refractivity contribution in [3.05, 3.63) is 72.1 Å². The fourth-order valence-electron chi connectivity index (χ4n) is 3.11. The molecule has 4 rings (SSSR count). The third-order valence-electron chi connectivity index (χ3n) is 4.33. The molecule has 4 heteroatoms. The first-order chi connectivity index (χ1) is 11.6. The van der Waals surface area contributed by atoms with Crippen LogP contribution >= 0.6 is 9.64 Å². The fourth-order valence-corrected chi connectivity index (χ4v) is 8.80. The van der Waals surface area contributed by atoms with Crippen molar-refractivity contribution >= 4 is 54.9 Å². The normalized spacial score (nSPS) is 11.1. The van der Waals surface area contributed by atoms with Crippen LogP contribution in [0.1, 0.15) is 11.4 Å². The van der Waals surface area contributed by atoms with Crippen LogP contribution in [-0.2, 0) is 0 Å². The number of fused-ring (bicyclic) bond motifs is 2. The van der Waals surface area contributed by atoms with Crippen LogP contribution in [0.4, 0.5) is 0 Å². The molecule has 0 aliphatic heterocycles. The standard InChI is InChI=1S/2C10H8N.ClH.Ga/c2*1-8-6-7-9-4-2-3-5-10(9)11-8;;/h2*2-4,6-7H,1H3;1H;/q;;;+1/p-1. The molecule has 0 radical (unpaired) electrons. The van der Waals surface area contributed by atoms with Gasteiger partial charge in [-0.15, -0.1) is 0 Å². The van der Waals surface area contributed by atoms with Crippen LogP contribution < -0.4 is 8.24 Å². The number of nitrogens with zero attached hydrogens (tertiary/aromatic N) is 2. The molecule has 0 fully saturated rings. The van der Waals surface area contributed by atoms with Gasteiger partial charge in [-0.1, -0.05) is 0 Å². The van der Waals surface area contributed by atoms with Crippen LogP contribution in [0.2, 0.25) is 0 Å². The van der Waals surface area contributed by atoms with Crippen LogP contribution in [0.5, 0.6) is 0 Å². The Morgan fingerprint density at radius 3 is 1.58 bits per heavy atom. The monoisotopic (exact) mass is 388 g/mol. The fraction of sp³-hybridized carbons (Fsp3) is 0.100. The van der Waals surface area contributed by atoms with Gasteiger partial charge in [0.1, 0.15) is 0 Å². The van der Waals surface area contributed by atoms with E-state index >= 15 is 0 Å². The Bertz CT molecular complexity index is 977. The average Bonchev–Trinajstić information content (AvgIpc) is 2.60. The molecule has 0 amide bonds. The van der Waals surface area contributed by atoms with Gasteiger partial charge in [0.25, 0.3) is 0 Å². The van der Waals surface area contributed by atoms with Gasteiger partial charge >= 0.3 is 151 Å². The van der Waals surface area contributed by atoms with Crippen molar-refractivity contribution in [2.75, 3.05) is 0 Å². The summed E-state index contributed by atoms with van der Waals surface area (Å²) in [5, 5.41) is 2.30. The predicted octanol–water partition coefficient (Wildman–Crippen LogP) is 3.74. The number of halogens is 1. The first-order valence-corrected chi connectivity index (χ1v) is 13.6. The quantitative estimate of drug-likeness (QED) is 0.488. The molecule has 0 aliphatic carbocycles. The van der Waals surface area contributed by atoms with Gasteiger partial charge in [-0.3, -0.25) is 0 Å². The van der Waals surface area contributed by atoms with Crippen molar-refractivity contribution in [1.82, 2.24) is 9.97 Å². The molecule has 0 N–H and O–H groups in total. The number of benzene rings is 2. The Balaban J connectivity index is 1.95. The van der Waals surface area contributed by atoms with Crippen molar-refractivity contribution in [2.45, 2.75) is 13.8 Å². The first kappa shape index (κ1) is 15.7. The summed E-state index contributed by atoms with van der Waals surface area (Å²) >= 11 is -2.48. The summed E-state index contributed by atoms with van der Waals surface area (Å²) in [6.07, 6.45) is 0. The summed E-state index contributed by atoms with van der Waals surface area (Å²) in [5.41, 5.74) is 4.13. The molecule has 0 saturated heterocycles. The predicted molar refractivity (Wildman–Crippen MR) is 104 cm³/mol. The number of aromatic nitrogens is 2. The van der Waals surface area contributed by atoms with Crippen LogP contribution in [0.25, 0.3) is 21.8 Å². The van der Waals surface area contributed by atoms with Crippen LogP contribution in [-0.4, -0.2) is 25.2 Å². The molecule has 2 nitrogen and oxygen atoms in total. The average molecular weight is 390 g/mol. The maximum absolute atomic E-state index is 7.10. The van der Waals surface area contributed by atoms with E-state index in [1.807, 2.05) is 26.0 Å². The van der Waals surface area contributed by atoms with E-state index < -0.39 is 15.2 Å². The Labute approximate surface area is 150 Å². The second-order valence-corrected chi connectivity index (χ2v) is 12.5. The van der Waals surface area contributed by atoms with E-state index in [9.17, 15) is 0 Å². The van der Waals surface area contributed by atoms with Gasteiger partial charge in [0.05, 0.1) is 0 Å². The van der Waals surface area contributed by atoms with Crippen molar-refractivity contribution < 1.29 is 0 Å². The molecule has 0 aliphatic rings. The molecule has 4 aromatic rings. The van der Waals surface area contributed by atoms with Gasteiger partial charge < -0.3 is 0 Å². The molecule has 0 bridgehead atoms. The van der Waals surface area contributed by atoms with E-state index in [4.69, 9.17) is 19.6 Å². The van der Waals surface area contributed by atoms with E-state index in [2.05, 4.69) is 48.5 Å². The summed E-state index contributed by atoms with van der Waals surface area (Å²) in [6, 6.07) is 21.0. The van der Waals surface area contributed by atoms with Crippen molar-refractivity contribution in [2.24, 2.45) is 0 Å². The third-order valence-corrected chi connectivity index (χ3v) is 11.0. The van der Waals surface area contributed by atoms with E-state index in [0.29, 0.717) is 0 Å². The third kappa shape index (κ3) is 2.73. The van der Waals surface area contributed by atoms with Gasteiger partial charge in [0, 0.05) is 0 Å². The molecule has 0 saturated carbocycles. The van der Waals surface area contributed by atoms with E-state index in [0.717, 1.165) is 33.2 Å². The van der Waals surface area contributed by atoms with E-state index in [1.54, 1.807) is 0 Å². The molecule has 2 aromatic carbocycles. The summed E-state index contributed by atoms with van der Waals surface area (Å²) in [6.45, 7) is 4.05. The molecule has 2 heterocycles. The molecular formula is C20H16ClGaN2. The maximum atomic E-state index is 7.10. The molecule has 2 aromatic heterocycles. The van der Waals surface area contributed by atoms with Crippen LogP contribution in [0.3, 0.4) is 0 Å². The van der Waals surface area contributed by atoms with Crippen molar-refractivity contribution in [3.8, 4) is 0 Å². The molecule has 24 heavy (non-hydrogen) atoms. The molecular weight excluding hydrogens is 373 g/mol. The zero-order valence-electron chi connectivity index (χ0n) is 13.6. The van der Waals surface area contributed by atoms with Crippen molar-refractivity contribution in [1.29, 1.82) is 0 Å². The summed E-state index contributed by atoms with van der Waals surface area (Å²) in [5.74, 6) is 0. The second kappa shape index (κ2) is 6.24. The summed E-state index contributed by atoms with van der Waals surface area (Å²) in [4.78, 5) is 9.52. The minimum atomic E-state index is -2.48. The molecule has 0 spiro atoms. The van der Waals surface area contributed by atoms with Gasteiger partial charge in [-0.25, -0.2) is 0 Å². The zero-order chi connectivity index (χ0) is 16.7. The topological polar surface area (TPSA) is 25.8 Å². The number of hydrogen-bond donors (Lipinski definition) is 0. The van der Waals surface area contributed by atoms with Gasteiger partial charge in [-0.2, -0.15) is 0 Å². The van der Waals surface area contributed by atoms with Gasteiger partial charge in [0.15, 0.2) is 0 Å². The van der Waals surface area contributed by atoms with Gasteiger partial charge in [0.2, 0.25) is 0 Å². The SMILES string of the molecule is Cc1ccc2ccc[c]([Ga]([Cl])[c]3cccc4ccc(C)nc34)c2n1. The molecule has 0 atom stereocenters. The Hall–Kier alpha value is -1.81. The van der Waals surface area contributed by atoms with Crippen molar-refractivity contribution in [3.63, 3.8) is 0 Å².